The van der Waals surface area contributed by atoms with Crippen LogP contribution in [0.2, 0.25) is 0 Å². The van der Waals surface area contributed by atoms with Gasteiger partial charge in [0.25, 0.3) is 0 Å². The van der Waals surface area contributed by atoms with Crippen LogP contribution in [0.5, 0.6) is 5.75 Å². The third-order valence-corrected chi connectivity index (χ3v) is 2.30. The second-order valence-electron chi connectivity index (χ2n) is 3.81. The van der Waals surface area contributed by atoms with Crippen molar-refractivity contribution in [2.75, 3.05) is 40.6 Å². The van der Waals surface area contributed by atoms with Gasteiger partial charge in [-0.2, -0.15) is 0 Å². The highest BCUT2D eigenvalue weighted by Crippen LogP contribution is 2.16. The molecule has 4 nitrogen and oxygen atoms in total. The second kappa shape index (κ2) is 8.85. The van der Waals surface area contributed by atoms with Crippen LogP contribution in [0.4, 0.5) is 4.39 Å². The van der Waals surface area contributed by atoms with Crippen molar-refractivity contribution in [3.8, 4) is 5.75 Å². The van der Waals surface area contributed by atoms with E-state index in [9.17, 15) is 4.39 Å². The van der Waals surface area contributed by atoms with Gasteiger partial charge in [0.05, 0.1) is 13.2 Å². The zero-order valence-corrected chi connectivity index (χ0v) is 10.9. The predicted octanol–water partition coefficient (Wildman–Crippen LogP) is 1.59. The molecule has 0 amide bonds. The molecule has 0 atom stereocenters. The molecule has 1 aromatic carbocycles. The SMILES string of the molecule is COCCNCc1cc(F)cc(OCCOC)c1. The van der Waals surface area contributed by atoms with Crippen LogP contribution in [-0.2, 0) is 16.0 Å². The number of methoxy groups -OCH3 is 2. The van der Waals surface area contributed by atoms with Crippen LogP contribution in [0.1, 0.15) is 5.56 Å². The molecule has 0 fully saturated rings. The van der Waals surface area contributed by atoms with Crippen molar-refractivity contribution in [3.63, 3.8) is 0 Å². The summed E-state index contributed by atoms with van der Waals surface area (Å²) in [7, 11) is 3.24. The van der Waals surface area contributed by atoms with Crippen molar-refractivity contribution in [2.45, 2.75) is 6.54 Å². The van der Waals surface area contributed by atoms with E-state index >= 15 is 0 Å². The molecule has 0 aliphatic rings. The Morgan fingerprint density at radius 2 is 1.83 bits per heavy atom. The molecule has 0 aliphatic carbocycles. The van der Waals surface area contributed by atoms with Crippen molar-refractivity contribution in [1.29, 1.82) is 0 Å². The lowest BCUT2D eigenvalue weighted by atomic mass is 10.2. The van der Waals surface area contributed by atoms with E-state index in [1.54, 1.807) is 14.2 Å². The third-order valence-electron chi connectivity index (χ3n) is 2.30. The van der Waals surface area contributed by atoms with Gasteiger partial charge in [-0.15, -0.1) is 0 Å². The first-order valence-electron chi connectivity index (χ1n) is 5.87. The van der Waals surface area contributed by atoms with Crippen LogP contribution in [-0.4, -0.2) is 40.6 Å². The number of halogens is 1. The molecule has 5 heteroatoms. The van der Waals surface area contributed by atoms with Crippen molar-refractivity contribution in [1.82, 2.24) is 5.32 Å². The number of nitrogens with one attached hydrogen (secondary N) is 1. The van der Waals surface area contributed by atoms with Gasteiger partial charge in [-0.1, -0.05) is 0 Å². The van der Waals surface area contributed by atoms with E-state index in [1.165, 1.54) is 12.1 Å². The van der Waals surface area contributed by atoms with Gasteiger partial charge in [0.1, 0.15) is 18.2 Å². The molecular weight excluding hydrogens is 237 g/mol. The summed E-state index contributed by atoms with van der Waals surface area (Å²) < 4.78 is 28.5. The molecule has 0 unspecified atom stereocenters. The lowest BCUT2D eigenvalue weighted by Crippen LogP contribution is -2.18. The molecule has 102 valence electrons. The highest BCUT2D eigenvalue weighted by atomic mass is 19.1. The van der Waals surface area contributed by atoms with E-state index in [4.69, 9.17) is 14.2 Å². The van der Waals surface area contributed by atoms with E-state index in [1.807, 2.05) is 6.07 Å². The molecule has 18 heavy (non-hydrogen) atoms. The minimum Gasteiger partial charge on any atom is -0.491 e. The van der Waals surface area contributed by atoms with Gasteiger partial charge in [-0.3, -0.25) is 0 Å². The molecule has 0 radical (unpaired) electrons. The number of hydrogen-bond acceptors (Lipinski definition) is 4. The summed E-state index contributed by atoms with van der Waals surface area (Å²) in [5, 5.41) is 3.15. The maximum absolute atomic E-state index is 13.3. The first kappa shape index (κ1) is 14.9. The number of benzene rings is 1. The Balaban J connectivity index is 2.46. The molecule has 0 heterocycles. The Kier molecular flexibility index (Phi) is 7.32. The Hall–Kier alpha value is -1.17. The molecule has 0 spiro atoms. The predicted molar refractivity (Wildman–Crippen MR) is 67.4 cm³/mol. The van der Waals surface area contributed by atoms with Gasteiger partial charge in [-0.25, -0.2) is 4.39 Å². The lowest BCUT2D eigenvalue weighted by molar-refractivity contribution is 0.146. The Bertz CT molecular complexity index is 347. The Morgan fingerprint density at radius 1 is 1.06 bits per heavy atom. The van der Waals surface area contributed by atoms with Crippen LogP contribution in [0.25, 0.3) is 0 Å². The quantitative estimate of drug-likeness (QED) is 0.682. The zero-order chi connectivity index (χ0) is 13.2. The molecule has 1 rings (SSSR count). The zero-order valence-electron chi connectivity index (χ0n) is 10.9. The van der Waals surface area contributed by atoms with Crippen LogP contribution in [0.15, 0.2) is 18.2 Å². The molecule has 1 N–H and O–H groups in total. The van der Waals surface area contributed by atoms with Gasteiger partial charge >= 0.3 is 0 Å². The van der Waals surface area contributed by atoms with Crippen molar-refractivity contribution >= 4 is 0 Å². The topological polar surface area (TPSA) is 39.7 Å². The fourth-order valence-electron chi connectivity index (χ4n) is 1.46. The van der Waals surface area contributed by atoms with Gasteiger partial charge < -0.3 is 19.5 Å². The minimum atomic E-state index is -0.298. The number of hydrogen-bond donors (Lipinski definition) is 1. The van der Waals surface area contributed by atoms with Crippen LogP contribution in [0, 0.1) is 5.82 Å². The van der Waals surface area contributed by atoms with E-state index in [0.717, 1.165) is 12.1 Å². The second-order valence-corrected chi connectivity index (χ2v) is 3.81. The molecule has 0 aliphatic heterocycles. The van der Waals surface area contributed by atoms with Crippen LogP contribution < -0.4 is 10.1 Å². The first-order chi connectivity index (χ1) is 8.76. The largest absolute Gasteiger partial charge is 0.491 e. The van der Waals surface area contributed by atoms with Gasteiger partial charge in [0.2, 0.25) is 0 Å². The summed E-state index contributed by atoms with van der Waals surface area (Å²) >= 11 is 0. The van der Waals surface area contributed by atoms with E-state index < -0.39 is 0 Å². The fraction of sp³-hybridized carbons (Fsp3) is 0.538. The lowest BCUT2D eigenvalue weighted by Gasteiger charge is -2.09. The van der Waals surface area contributed by atoms with Gasteiger partial charge in [0, 0.05) is 33.4 Å². The van der Waals surface area contributed by atoms with Crippen LogP contribution >= 0.6 is 0 Å². The normalized spacial score (nSPS) is 10.6. The number of ether oxygens (including phenoxy) is 3. The molecule has 0 aromatic heterocycles. The smallest absolute Gasteiger partial charge is 0.127 e. The average molecular weight is 257 g/mol. The van der Waals surface area contributed by atoms with Crippen molar-refractivity contribution < 1.29 is 18.6 Å². The monoisotopic (exact) mass is 257 g/mol. The van der Waals surface area contributed by atoms with Gasteiger partial charge in [0.15, 0.2) is 0 Å². The third kappa shape index (κ3) is 5.95. The Labute approximate surface area is 107 Å². The summed E-state index contributed by atoms with van der Waals surface area (Å²) in [6.07, 6.45) is 0. The fourth-order valence-corrected chi connectivity index (χ4v) is 1.46. The molecule has 0 saturated carbocycles. The van der Waals surface area contributed by atoms with E-state index in [-0.39, 0.29) is 5.82 Å². The van der Waals surface area contributed by atoms with E-state index in [2.05, 4.69) is 5.32 Å². The van der Waals surface area contributed by atoms with Crippen LogP contribution in [0.3, 0.4) is 0 Å². The molecule has 0 saturated heterocycles. The highest BCUT2D eigenvalue weighted by molar-refractivity contribution is 5.29. The van der Waals surface area contributed by atoms with Gasteiger partial charge in [-0.05, 0) is 17.7 Å². The molecular formula is C13H20FNO3. The Morgan fingerprint density at radius 3 is 2.56 bits per heavy atom. The number of rotatable bonds is 9. The summed E-state index contributed by atoms with van der Waals surface area (Å²) in [6, 6.07) is 4.68. The van der Waals surface area contributed by atoms with Crippen molar-refractivity contribution in [3.05, 3.63) is 29.6 Å². The summed E-state index contributed by atoms with van der Waals surface area (Å²) in [6.45, 7) is 2.84. The molecule has 0 bridgehead atoms. The minimum absolute atomic E-state index is 0.298. The maximum atomic E-state index is 13.3. The standard InChI is InChI=1S/C13H20FNO3/c1-16-4-3-15-10-11-7-12(14)9-13(8-11)18-6-5-17-2/h7-9,15H,3-6,10H2,1-2H3. The summed E-state index contributed by atoms with van der Waals surface area (Å²) in [5.74, 6) is 0.226. The average Bonchev–Trinajstić information content (AvgIpc) is 2.34. The maximum Gasteiger partial charge on any atom is 0.127 e. The first-order valence-corrected chi connectivity index (χ1v) is 5.87. The summed E-state index contributed by atoms with van der Waals surface area (Å²) in [5.41, 5.74) is 0.846. The van der Waals surface area contributed by atoms with E-state index in [0.29, 0.717) is 32.1 Å². The van der Waals surface area contributed by atoms with Crippen molar-refractivity contribution in [2.24, 2.45) is 0 Å². The summed E-state index contributed by atoms with van der Waals surface area (Å²) in [4.78, 5) is 0. The molecule has 1 aromatic rings. The highest BCUT2D eigenvalue weighted by Gasteiger charge is 2.02.